The number of likely N-dealkylation sites (tertiary alicyclic amines) is 1. The Labute approximate surface area is 129 Å². The van der Waals surface area contributed by atoms with Crippen LogP contribution < -0.4 is 5.32 Å². The van der Waals surface area contributed by atoms with Crippen molar-refractivity contribution in [3.8, 4) is 0 Å². The molecule has 0 aliphatic carbocycles. The highest BCUT2D eigenvalue weighted by Crippen LogP contribution is 2.19. The first kappa shape index (κ1) is 16.4. The van der Waals surface area contributed by atoms with Gasteiger partial charge in [-0.1, -0.05) is 12.1 Å². The zero-order valence-corrected chi connectivity index (χ0v) is 12.6. The SMILES string of the molecule is C[C@H](NC(=O)[C@@H]1CCCN(Cc2cccc(F)c2)C1)C(=O)O. The van der Waals surface area contributed by atoms with Gasteiger partial charge in [0.2, 0.25) is 5.91 Å². The first-order valence-corrected chi connectivity index (χ1v) is 7.45. The lowest BCUT2D eigenvalue weighted by molar-refractivity contribution is -0.142. The number of aliphatic carboxylic acids is 1. The molecule has 1 heterocycles. The molecule has 1 saturated heterocycles. The number of carboxylic acids is 1. The molecular formula is C16H21FN2O3. The first-order valence-electron chi connectivity index (χ1n) is 7.45. The van der Waals surface area contributed by atoms with Gasteiger partial charge in [-0.3, -0.25) is 14.5 Å². The molecule has 1 aliphatic heterocycles. The van der Waals surface area contributed by atoms with Crippen molar-refractivity contribution < 1.29 is 19.1 Å². The van der Waals surface area contributed by atoms with Crippen LogP contribution in [0.4, 0.5) is 4.39 Å². The number of hydrogen-bond donors (Lipinski definition) is 2. The summed E-state index contributed by atoms with van der Waals surface area (Å²) in [6.45, 7) is 3.47. The third kappa shape index (κ3) is 4.53. The maximum absolute atomic E-state index is 13.2. The molecule has 22 heavy (non-hydrogen) atoms. The molecule has 5 nitrogen and oxygen atoms in total. The third-order valence-electron chi connectivity index (χ3n) is 3.90. The maximum Gasteiger partial charge on any atom is 0.325 e. The van der Waals surface area contributed by atoms with Gasteiger partial charge in [0.15, 0.2) is 0 Å². The van der Waals surface area contributed by atoms with Crippen LogP contribution in [0.3, 0.4) is 0 Å². The van der Waals surface area contributed by atoms with E-state index in [1.54, 1.807) is 6.07 Å². The summed E-state index contributed by atoms with van der Waals surface area (Å²) in [6.07, 6.45) is 1.62. The smallest absolute Gasteiger partial charge is 0.325 e. The van der Waals surface area contributed by atoms with Gasteiger partial charge in [0.25, 0.3) is 0 Å². The Morgan fingerprint density at radius 2 is 2.27 bits per heavy atom. The Hall–Kier alpha value is -1.95. The molecule has 0 radical (unpaired) electrons. The fourth-order valence-electron chi connectivity index (χ4n) is 2.70. The van der Waals surface area contributed by atoms with E-state index >= 15 is 0 Å². The number of carboxylic acid groups (broad SMARTS) is 1. The lowest BCUT2D eigenvalue weighted by atomic mass is 9.96. The molecule has 0 aromatic heterocycles. The summed E-state index contributed by atoms with van der Waals surface area (Å²) >= 11 is 0. The maximum atomic E-state index is 13.2. The highest BCUT2D eigenvalue weighted by Gasteiger charge is 2.27. The predicted molar refractivity (Wildman–Crippen MR) is 79.6 cm³/mol. The quantitative estimate of drug-likeness (QED) is 0.867. The summed E-state index contributed by atoms with van der Waals surface area (Å²) in [6, 6.07) is 5.55. The van der Waals surface area contributed by atoms with Gasteiger partial charge in [-0.25, -0.2) is 4.39 Å². The van der Waals surface area contributed by atoms with E-state index in [9.17, 15) is 14.0 Å². The van der Waals surface area contributed by atoms with E-state index in [-0.39, 0.29) is 17.6 Å². The van der Waals surface area contributed by atoms with E-state index in [1.807, 2.05) is 6.07 Å². The van der Waals surface area contributed by atoms with Crippen molar-refractivity contribution in [2.45, 2.75) is 32.4 Å². The van der Waals surface area contributed by atoms with Crippen LogP contribution in [0.25, 0.3) is 0 Å². The average Bonchev–Trinajstić information content (AvgIpc) is 2.47. The van der Waals surface area contributed by atoms with E-state index < -0.39 is 12.0 Å². The number of piperidine rings is 1. The number of benzene rings is 1. The summed E-state index contributed by atoms with van der Waals surface area (Å²) in [5, 5.41) is 11.4. The minimum absolute atomic E-state index is 0.218. The van der Waals surface area contributed by atoms with E-state index in [2.05, 4.69) is 10.2 Å². The molecule has 2 atom stereocenters. The van der Waals surface area contributed by atoms with Crippen molar-refractivity contribution in [3.63, 3.8) is 0 Å². The third-order valence-corrected chi connectivity index (χ3v) is 3.90. The van der Waals surface area contributed by atoms with E-state index in [4.69, 9.17) is 5.11 Å². The van der Waals surface area contributed by atoms with Crippen LogP contribution in [0, 0.1) is 11.7 Å². The van der Waals surface area contributed by atoms with Crippen molar-refractivity contribution in [2.75, 3.05) is 13.1 Å². The van der Waals surface area contributed by atoms with Crippen molar-refractivity contribution in [1.82, 2.24) is 10.2 Å². The second-order valence-electron chi connectivity index (χ2n) is 5.77. The molecule has 1 aromatic rings. The van der Waals surface area contributed by atoms with Crippen molar-refractivity contribution in [2.24, 2.45) is 5.92 Å². The minimum Gasteiger partial charge on any atom is -0.480 e. The molecule has 2 rings (SSSR count). The molecule has 1 aromatic carbocycles. The van der Waals surface area contributed by atoms with Gasteiger partial charge in [0.1, 0.15) is 11.9 Å². The summed E-state index contributed by atoms with van der Waals surface area (Å²) in [5.41, 5.74) is 0.875. The number of carbonyl (C=O) groups is 2. The van der Waals surface area contributed by atoms with Crippen LogP contribution in [0.5, 0.6) is 0 Å². The Balaban J connectivity index is 1.91. The second kappa shape index (κ2) is 7.35. The van der Waals surface area contributed by atoms with E-state index in [0.29, 0.717) is 13.1 Å². The van der Waals surface area contributed by atoms with E-state index in [1.165, 1.54) is 19.1 Å². The summed E-state index contributed by atoms with van der Waals surface area (Å²) in [4.78, 5) is 25.0. The second-order valence-corrected chi connectivity index (χ2v) is 5.77. The fraction of sp³-hybridized carbons (Fsp3) is 0.500. The molecular weight excluding hydrogens is 287 g/mol. The molecule has 0 unspecified atom stereocenters. The van der Waals surface area contributed by atoms with Gasteiger partial charge in [-0.05, 0) is 44.0 Å². The van der Waals surface area contributed by atoms with Crippen molar-refractivity contribution in [3.05, 3.63) is 35.6 Å². The Morgan fingerprint density at radius 1 is 1.50 bits per heavy atom. The number of carbonyl (C=O) groups excluding carboxylic acids is 1. The highest BCUT2D eigenvalue weighted by atomic mass is 19.1. The molecule has 0 spiro atoms. The molecule has 2 N–H and O–H groups in total. The first-order chi connectivity index (χ1) is 10.5. The fourth-order valence-corrected chi connectivity index (χ4v) is 2.70. The van der Waals surface area contributed by atoms with Gasteiger partial charge >= 0.3 is 5.97 Å². The zero-order chi connectivity index (χ0) is 16.1. The minimum atomic E-state index is -1.04. The van der Waals surface area contributed by atoms with Crippen LogP contribution in [0.2, 0.25) is 0 Å². The number of nitrogens with one attached hydrogen (secondary N) is 1. The largest absolute Gasteiger partial charge is 0.480 e. The Morgan fingerprint density at radius 3 is 2.95 bits per heavy atom. The predicted octanol–water partition coefficient (Wildman–Crippen LogP) is 1.63. The van der Waals surface area contributed by atoms with Crippen LogP contribution >= 0.6 is 0 Å². The Kier molecular flexibility index (Phi) is 5.49. The number of halogens is 1. The van der Waals surface area contributed by atoms with Gasteiger partial charge in [-0.2, -0.15) is 0 Å². The monoisotopic (exact) mass is 308 g/mol. The topological polar surface area (TPSA) is 69.6 Å². The number of hydrogen-bond acceptors (Lipinski definition) is 3. The van der Waals surface area contributed by atoms with Crippen LogP contribution in [-0.4, -0.2) is 41.0 Å². The van der Waals surface area contributed by atoms with Gasteiger partial charge in [-0.15, -0.1) is 0 Å². The van der Waals surface area contributed by atoms with E-state index in [0.717, 1.165) is 24.9 Å². The molecule has 0 bridgehead atoms. The average molecular weight is 308 g/mol. The number of nitrogens with zero attached hydrogens (tertiary/aromatic N) is 1. The van der Waals surface area contributed by atoms with Gasteiger partial charge < -0.3 is 10.4 Å². The zero-order valence-electron chi connectivity index (χ0n) is 12.6. The molecule has 0 saturated carbocycles. The van der Waals surface area contributed by atoms with Crippen LogP contribution in [-0.2, 0) is 16.1 Å². The summed E-state index contributed by atoms with van der Waals surface area (Å²) in [5.74, 6) is -1.75. The van der Waals surface area contributed by atoms with Crippen LogP contribution in [0.15, 0.2) is 24.3 Å². The molecule has 6 heteroatoms. The number of amides is 1. The van der Waals surface area contributed by atoms with Gasteiger partial charge in [0, 0.05) is 13.1 Å². The van der Waals surface area contributed by atoms with Crippen molar-refractivity contribution in [1.29, 1.82) is 0 Å². The molecule has 1 amide bonds. The molecule has 120 valence electrons. The lowest BCUT2D eigenvalue weighted by Crippen LogP contribution is -2.47. The summed E-state index contributed by atoms with van der Waals surface area (Å²) in [7, 11) is 0. The van der Waals surface area contributed by atoms with Gasteiger partial charge in [0.05, 0.1) is 5.92 Å². The highest BCUT2D eigenvalue weighted by molar-refractivity contribution is 5.84. The van der Waals surface area contributed by atoms with Crippen LogP contribution in [0.1, 0.15) is 25.3 Å². The van der Waals surface area contributed by atoms with Crippen molar-refractivity contribution >= 4 is 11.9 Å². The Bertz CT molecular complexity index is 550. The molecule has 1 aliphatic rings. The molecule has 1 fully saturated rings. The lowest BCUT2D eigenvalue weighted by Gasteiger charge is -2.32. The number of rotatable bonds is 5. The standard InChI is InChI=1S/C16H21FN2O3/c1-11(16(21)22)18-15(20)13-5-3-7-19(10-13)9-12-4-2-6-14(17)8-12/h2,4,6,8,11,13H,3,5,7,9-10H2,1H3,(H,18,20)(H,21,22)/t11-,13+/m0/s1. The normalized spacial score (nSPS) is 20.4. The summed E-state index contributed by atoms with van der Waals surface area (Å²) < 4.78 is 13.2.